The molecule has 2 aliphatic heterocycles. The van der Waals surface area contributed by atoms with Crippen LogP contribution in [0.15, 0.2) is 48.8 Å². The molecule has 2 amide bonds. The van der Waals surface area contributed by atoms with Crippen LogP contribution in [0.3, 0.4) is 0 Å². The first kappa shape index (κ1) is 24.6. The van der Waals surface area contributed by atoms with Crippen LogP contribution in [0.4, 0.5) is 14.5 Å². The van der Waals surface area contributed by atoms with Crippen molar-refractivity contribution in [2.75, 3.05) is 24.5 Å². The third-order valence-electron chi connectivity index (χ3n) is 6.56. The highest BCUT2D eigenvalue weighted by molar-refractivity contribution is 6.04. The number of amides is 2. The molecule has 1 unspecified atom stereocenters. The average Bonchev–Trinajstić information content (AvgIpc) is 3.29. The normalized spacial score (nSPS) is 20.1. The Labute approximate surface area is 203 Å². The molecule has 2 fully saturated rings. The second-order valence-corrected chi connectivity index (χ2v) is 10.2. The minimum Gasteiger partial charge on any atom is -0.328 e. The molecule has 35 heavy (non-hydrogen) atoms. The first-order valence-corrected chi connectivity index (χ1v) is 11.7. The highest BCUT2D eigenvalue weighted by atomic mass is 19.3. The first-order valence-electron chi connectivity index (χ1n) is 11.7. The number of hydrogen-bond acceptors (Lipinski definition) is 5. The average molecular weight is 482 g/mol. The van der Waals surface area contributed by atoms with Crippen molar-refractivity contribution in [3.63, 3.8) is 0 Å². The summed E-state index contributed by atoms with van der Waals surface area (Å²) in [6, 6.07) is 8.72. The zero-order valence-electron chi connectivity index (χ0n) is 20.1. The van der Waals surface area contributed by atoms with Crippen molar-refractivity contribution in [1.29, 1.82) is 5.26 Å². The molecule has 0 spiro atoms. The lowest BCUT2D eigenvalue weighted by Gasteiger charge is -2.43. The topological polar surface area (TPSA) is 80.5 Å². The van der Waals surface area contributed by atoms with Gasteiger partial charge in [0.25, 0.3) is 17.7 Å². The molecule has 184 valence electrons. The summed E-state index contributed by atoms with van der Waals surface area (Å²) in [4.78, 5) is 35.5. The lowest BCUT2D eigenvalue weighted by Crippen LogP contribution is -2.61. The van der Waals surface area contributed by atoms with Crippen molar-refractivity contribution in [2.45, 2.75) is 57.0 Å². The maximum Gasteiger partial charge on any atom is 0.282 e. The van der Waals surface area contributed by atoms with E-state index in [0.717, 1.165) is 10.5 Å². The second kappa shape index (κ2) is 9.25. The van der Waals surface area contributed by atoms with Gasteiger partial charge in [-0.1, -0.05) is 39.0 Å². The third-order valence-corrected chi connectivity index (χ3v) is 6.56. The van der Waals surface area contributed by atoms with Gasteiger partial charge in [-0.3, -0.25) is 24.4 Å². The van der Waals surface area contributed by atoms with E-state index in [1.54, 1.807) is 30.5 Å². The van der Waals surface area contributed by atoms with Crippen molar-refractivity contribution in [3.8, 4) is 6.19 Å². The molecule has 1 aromatic carbocycles. The fourth-order valence-electron chi connectivity index (χ4n) is 4.61. The summed E-state index contributed by atoms with van der Waals surface area (Å²) in [6.45, 7) is 5.27. The number of anilines is 1. The number of carbonyl (C=O) groups excluding carboxylic acids is 2. The molecule has 3 heterocycles. The van der Waals surface area contributed by atoms with Crippen LogP contribution < -0.4 is 4.90 Å². The number of nitriles is 1. The van der Waals surface area contributed by atoms with Gasteiger partial charge in [-0.15, -0.1) is 0 Å². The number of aromatic nitrogens is 1. The van der Waals surface area contributed by atoms with Crippen LogP contribution in [0.1, 0.15) is 50.8 Å². The number of rotatable bonds is 5. The van der Waals surface area contributed by atoms with Crippen LogP contribution in [-0.2, 0) is 15.0 Å². The van der Waals surface area contributed by atoms with Gasteiger partial charge in [0.1, 0.15) is 12.1 Å². The molecule has 0 bridgehead atoms. The molecule has 0 radical (unpaired) electrons. The molecule has 0 saturated carbocycles. The van der Waals surface area contributed by atoms with Gasteiger partial charge in [0, 0.05) is 30.2 Å². The Hall–Kier alpha value is -3.54. The molecule has 2 aromatic rings. The number of pyridine rings is 1. The van der Waals surface area contributed by atoms with Crippen LogP contribution in [0.2, 0.25) is 0 Å². The SMILES string of the molecule is CC(C)(C)c1ccc(N(C(=O)[C@H]2CCCN2C#N)C(C(=O)N2CC(F)(F)C2)c2cccnc2)cc1. The largest absolute Gasteiger partial charge is 0.328 e. The van der Waals surface area contributed by atoms with Crippen molar-refractivity contribution < 1.29 is 18.4 Å². The van der Waals surface area contributed by atoms with Gasteiger partial charge >= 0.3 is 0 Å². The molecule has 7 nitrogen and oxygen atoms in total. The lowest BCUT2D eigenvalue weighted by molar-refractivity contribution is -0.167. The molecule has 2 aliphatic rings. The number of alkyl halides is 2. The molecule has 2 saturated heterocycles. The second-order valence-electron chi connectivity index (χ2n) is 10.2. The van der Waals surface area contributed by atoms with E-state index in [0.29, 0.717) is 30.6 Å². The fourth-order valence-corrected chi connectivity index (χ4v) is 4.61. The van der Waals surface area contributed by atoms with Gasteiger partial charge < -0.3 is 4.90 Å². The predicted molar refractivity (Wildman–Crippen MR) is 126 cm³/mol. The van der Waals surface area contributed by atoms with E-state index >= 15 is 0 Å². The summed E-state index contributed by atoms with van der Waals surface area (Å²) >= 11 is 0. The Morgan fingerprint density at radius 1 is 1.20 bits per heavy atom. The minimum atomic E-state index is -2.94. The molecular weight excluding hydrogens is 452 g/mol. The maximum atomic E-state index is 14.0. The number of halogens is 2. The fraction of sp³-hybridized carbons (Fsp3) is 0.462. The number of nitrogens with zero attached hydrogens (tertiary/aromatic N) is 5. The van der Waals surface area contributed by atoms with Crippen LogP contribution in [0.5, 0.6) is 0 Å². The summed E-state index contributed by atoms with van der Waals surface area (Å²) in [5.74, 6) is -3.96. The van der Waals surface area contributed by atoms with Crippen molar-refractivity contribution in [2.24, 2.45) is 0 Å². The lowest BCUT2D eigenvalue weighted by atomic mass is 9.87. The van der Waals surface area contributed by atoms with Crippen LogP contribution in [-0.4, -0.2) is 58.2 Å². The Kier molecular flexibility index (Phi) is 6.50. The number of hydrogen-bond donors (Lipinski definition) is 0. The summed E-state index contributed by atoms with van der Waals surface area (Å²) in [5, 5.41) is 9.56. The molecule has 4 rings (SSSR count). The maximum absolute atomic E-state index is 14.0. The monoisotopic (exact) mass is 481 g/mol. The molecule has 0 N–H and O–H groups in total. The number of benzene rings is 1. The minimum absolute atomic E-state index is 0.127. The van der Waals surface area contributed by atoms with Gasteiger partial charge in [0.2, 0.25) is 0 Å². The number of carbonyl (C=O) groups is 2. The molecule has 0 aliphatic carbocycles. The van der Waals surface area contributed by atoms with Crippen LogP contribution in [0.25, 0.3) is 0 Å². The van der Waals surface area contributed by atoms with Gasteiger partial charge in [0.15, 0.2) is 6.19 Å². The van der Waals surface area contributed by atoms with Crippen molar-refractivity contribution in [3.05, 3.63) is 59.9 Å². The molecule has 1 aromatic heterocycles. The van der Waals surface area contributed by atoms with Gasteiger partial charge in [-0.25, -0.2) is 8.78 Å². The standard InChI is InChI=1S/C26H29F2N5O2/c1-25(2,3)19-8-10-20(11-9-19)33(23(34)21-7-5-13-31(21)17-29)22(18-6-4-12-30-14-18)24(35)32-15-26(27,28)16-32/h4,6,8-12,14,21-22H,5,7,13,15-16H2,1-3H3/t21-,22?/m1/s1. The smallest absolute Gasteiger partial charge is 0.282 e. The summed E-state index contributed by atoms with van der Waals surface area (Å²) in [6.07, 6.45) is 6.23. The Morgan fingerprint density at radius 3 is 2.43 bits per heavy atom. The van der Waals surface area contributed by atoms with E-state index in [1.165, 1.54) is 16.0 Å². The van der Waals surface area contributed by atoms with E-state index < -0.39 is 42.9 Å². The van der Waals surface area contributed by atoms with E-state index in [4.69, 9.17) is 0 Å². The highest BCUT2D eigenvalue weighted by Gasteiger charge is 2.50. The van der Waals surface area contributed by atoms with E-state index in [9.17, 15) is 23.6 Å². The van der Waals surface area contributed by atoms with Crippen molar-refractivity contribution >= 4 is 17.5 Å². The first-order chi connectivity index (χ1) is 16.5. The van der Waals surface area contributed by atoms with E-state index in [-0.39, 0.29) is 5.41 Å². The molecule has 2 atom stereocenters. The van der Waals surface area contributed by atoms with E-state index in [2.05, 4.69) is 31.9 Å². The Bertz CT molecular complexity index is 1120. The highest BCUT2D eigenvalue weighted by Crippen LogP contribution is 2.36. The Balaban J connectivity index is 1.81. The zero-order chi connectivity index (χ0) is 25.4. The zero-order valence-corrected chi connectivity index (χ0v) is 20.1. The van der Waals surface area contributed by atoms with Crippen molar-refractivity contribution in [1.82, 2.24) is 14.8 Å². The third kappa shape index (κ3) is 4.97. The molecule has 9 heteroatoms. The summed E-state index contributed by atoms with van der Waals surface area (Å²) in [7, 11) is 0. The van der Waals surface area contributed by atoms with Gasteiger partial charge in [-0.2, -0.15) is 5.26 Å². The summed E-state index contributed by atoms with van der Waals surface area (Å²) in [5.41, 5.74) is 1.79. The van der Waals surface area contributed by atoms with Gasteiger partial charge in [-0.05, 0) is 42.0 Å². The van der Waals surface area contributed by atoms with Crippen LogP contribution in [0, 0.1) is 11.5 Å². The quantitative estimate of drug-likeness (QED) is 0.606. The van der Waals surface area contributed by atoms with Gasteiger partial charge in [0.05, 0.1) is 13.1 Å². The van der Waals surface area contributed by atoms with E-state index in [1.807, 2.05) is 12.1 Å². The molecular formula is C26H29F2N5O2. The Morgan fingerprint density at radius 2 is 1.89 bits per heavy atom. The summed E-state index contributed by atoms with van der Waals surface area (Å²) < 4.78 is 27.3. The predicted octanol–water partition coefficient (Wildman–Crippen LogP) is 3.88. The van der Waals surface area contributed by atoms with Crippen LogP contribution >= 0.6 is 0 Å². The number of likely N-dealkylation sites (tertiary alicyclic amines) is 2.